The molecule has 1 fully saturated rings. The number of hydrogen-bond acceptors (Lipinski definition) is 4. The van der Waals surface area contributed by atoms with Crippen molar-refractivity contribution in [3.63, 3.8) is 0 Å². The highest BCUT2D eigenvalue weighted by Gasteiger charge is 2.24. The molecule has 0 bridgehead atoms. The molecule has 1 amide bonds. The van der Waals surface area contributed by atoms with Crippen molar-refractivity contribution in [1.82, 2.24) is 24.3 Å². The average molecular weight is 313 g/mol. The third-order valence-electron chi connectivity index (χ3n) is 4.24. The number of rotatable bonds is 4. The molecule has 0 spiro atoms. The van der Waals surface area contributed by atoms with Crippen molar-refractivity contribution in [3.8, 4) is 5.82 Å². The first-order valence-corrected chi connectivity index (χ1v) is 8.01. The van der Waals surface area contributed by atoms with Crippen molar-refractivity contribution in [2.45, 2.75) is 18.8 Å². The number of piperidine rings is 1. The van der Waals surface area contributed by atoms with Crippen molar-refractivity contribution in [3.05, 3.63) is 42.6 Å². The minimum Gasteiger partial charge on any atom is -0.342 e. The van der Waals surface area contributed by atoms with Crippen LogP contribution in [0.25, 0.3) is 5.82 Å². The van der Waals surface area contributed by atoms with Gasteiger partial charge in [-0.2, -0.15) is 0 Å². The van der Waals surface area contributed by atoms with E-state index in [2.05, 4.69) is 11.1 Å². The van der Waals surface area contributed by atoms with E-state index in [1.807, 2.05) is 46.8 Å². The summed E-state index contributed by atoms with van der Waals surface area (Å²) in [5.41, 5.74) is 1.11. The third-order valence-corrected chi connectivity index (χ3v) is 4.24. The van der Waals surface area contributed by atoms with Crippen LogP contribution >= 0.6 is 0 Å². The van der Waals surface area contributed by atoms with Gasteiger partial charge >= 0.3 is 0 Å². The van der Waals surface area contributed by atoms with Crippen molar-refractivity contribution in [1.29, 1.82) is 0 Å². The molecule has 0 N–H and O–H groups in total. The van der Waals surface area contributed by atoms with Gasteiger partial charge in [-0.15, -0.1) is 0 Å². The number of amides is 1. The zero-order chi connectivity index (χ0) is 16.2. The molecule has 0 aromatic carbocycles. The largest absolute Gasteiger partial charge is 0.342 e. The summed E-state index contributed by atoms with van der Waals surface area (Å²) >= 11 is 0. The summed E-state index contributed by atoms with van der Waals surface area (Å²) in [5.74, 6) is 1.53. The van der Waals surface area contributed by atoms with E-state index >= 15 is 0 Å². The highest BCUT2D eigenvalue weighted by Crippen LogP contribution is 2.27. The number of nitrogens with zero attached hydrogens (tertiary/aromatic N) is 5. The molecule has 3 heterocycles. The van der Waals surface area contributed by atoms with Crippen molar-refractivity contribution in [2.75, 3.05) is 33.7 Å². The molecule has 0 radical (unpaired) electrons. The SMILES string of the molecule is CN(C)CC(=O)N1CCC(c2cccc(-n3ccnc3)n2)CC1. The van der Waals surface area contributed by atoms with Gasteiger partial charge in [0.15, 0.2) is 0 Å². The molecule has 0 aliphatic carbocycles. The van der Waals surface area contributed by atoms with Crippen molar-refractivity contribution in [2.24, 2.45) is 0 Å². The fraction of sp³-hybridized carbons (Fsp3) is 0.471. The minimum absolute atomic E-state index is 0.216. The maximum atomic E-state index is 12.1. The summed E-state index contributed by atoms with van der Waals surface area (Å²) in [6, 6.07) is 6.12. The van der Waals surface area contributed by atoms with E-state index in [1.165, 1.54) is 0 Å². The summed E-state index contributed by atoms with van der Waals surface area (Å²) in [7, 11) is 3.85. The van der Waals surface area contributed by atoms with Gasteiger partial charge in [0, 0.05) is 37.1 Å². The lowest BCUT2D eigenvalue weighted by atomic mass is 9.93. The van der Waals surface area contributed by atoms with Gasteiger partial charge in [-0.3, -0.25) is 9.36 Å². The molecule has 0 unspecified atom stereocenters. The van der Waals surface area contributed by atoms with Crippen LogP contribution in [0.4, 0.5) is 0 Å². The zero-order valence-electron chi connectivity index (χ0n) is 13.7. The first-order chi connectivity index (χ1) is 11.1. The van der Waals surface area contributed by atoms with E-state index in [0.29, 0.717) is 12.5 Å². The van der Waals surface area contributed by atoms with Crippen LogP contribution in [-0.4, -0.2) is 64.0 Å². The summed E-state index contributed by atoms with van der Waals surface area (Å²) in [5, 5.41) is 0. The number of carbonyl (C=O) groups is 1. The van der Waals surface area contributed by atoms with Crippen LogP contribution in [0.5, 0.6) is 0 Å². The molecular formula is C17H23N5O. The van der Waals surface area contributed by atoms with Crippen LogP contribution in [0.1, 0.15) is 24.5 Å². The van der Waals surface area contributed by atoms with Gasteiger partial charge in [-0.25, -0.2) is 9.97 Å². The monoisotopic (exact) mass is 313 g/mol. The van der Waals surface area contributed by atoms with Gasteiger partial charge in [0.05, 0.1) is 6.54 Å². The molecule has 1 aliphatic heterocycles. The topological polar surface area (TPSA) is 54.3 Å². The molecule has 6 heteroatoms. The lowest BCUT2D eigenvalue weighted by molar-refractivity contribution is -0.132. The normalized spacial score (nSPS) is 16.0. The summed E-state index contributed by atoms with van der Waals surface area (Å²) in [6.07, 6.45) is 7.35. The van der Waals surface area contributed by atoms with Gasteiger partial charge in [0.2, 0.25) is 5.91 Å². The molecule has 3 rings (SSSR count). The van der Waals surface area contributed by atoms with Gasteiger partial charge in [0.25, 0.3) is 0 Å². The number of aromatic nitrogens is 3. The molecule has 6 nitrogen and oxygen atoms in total. The van der Waals surface area contributed by atoms with E-state index in [-0.39, 0.29) is 5.91 Å². The summed E-state index contributed by atoms with van der Waals surface area (Å²) in [4.78, 5) is 24.8. The Kier molecular flexibility index (Phi) is 4.71. The molecule has 1 saturated heterocycles. The number of carbonyl (C=O) groups excluding carboxylic acids is 1. The number of hydrogen-bond donors (Lipinski definition) is 0. The third kappa shape index (κ3) is 3.76. The van der Waals surface area contributed by atoms with E-state index in [4.69, 9.17) is 4.98 Å². The van der Waals surface area contributed by atoms with Crippen LogP contribution in [-0.2, 0) is 4.79 Å². The quantitative estimate of drug-likeness (QED) is 0.859. The molecule has 1 aliphatic rings. The standard InChI is InChI=1S/C17H23N5O/c1-20(2)12-17(23)21-9-6-14(7-10-21)15-4-3-5-16(19-15)22-11-8-18-13-22/h3-5,8,11,13-14H,6-7,9-10,12H2,1-2H3. The van der Waals surface area contributed by atoms with Crippen LogP contribution < -0.4 is 0 Å². The Hall–Kier alpha value is -2.21. The molecule has 0 saturated carbocycles. The Bertz CT molecular complexity index is 645. The van der Waals surface area contributed by atoms with Crippen molar-refractivity contribution < 1.29 is 4.79 Å². The Labute approximate surface area is 136 Å². The maximum absolute atomic E-state index is 12.1. The number of likely N-dealkylation sites (tertiary alicyclic amines) is 1. The molecule has 2 aromatic rings. The van der Waals surface area contributed by atoms with Crippen LogP contribution in [0.2, 0.25) is 0 Å². The van der Waals surface area contributed by atoms with Gasteiger partial charge < -0.3 is 9.80 Å². The fourth-order valence-corrected chi connectivity index (χ4v) is 3.00. The van der Waals surface area contributed by atoms with E-state index in [9.17, 15) is 4.79 Å². The number of likely N-dealkylation sites (N-methyl/N-ethyl adjacent to an activating group) is 1. The minimum atomic E-state index is 0.216. The predicted molar refractivity (Wildman–Crippen MR) is 88.5 cm³/mol. The van der Waals surface area contributed by atoms with Crippen LogP contribution in [0.3, 0.4) is 0 Å². The second-order valence-corrected chi connectivity index (χ2v) is 6.28. The second-order valence-electron chi connectivity index (χ2n) is 6.28. The van der Waals surface area contributed by atoms with Gasteiger partial charge in [-0.05, 0) is 39.1 Å². The molecule has 0 atom stereocenters. The number of imidazole rings is 1. The average Bonchev–Trinajstić information content (AvgIpc) is 3.09. The molecular weight excluding hydrogens is 290 g/mol. The zero-order valence-corrected chi connectivity index (χ0v) is 13.7. The first-order valence-electron chi connectivity index (χ1n) is 8.01. The molecule has 23 heavy (non-hydrogen) atoms. The molecule has 2 aromatic heterocycles. The Morgan fingerprint density at radius 3 is 2.74 bits per heavy atom. The van der Waals surface area contributed by atoms with E-state index in [0.717, 1.165) is 37.4 Å². The fourth-order valence-electron chi connectivity index (χ4n) is 3.00. The van der Waals surface area contributed by atoms with E-state index < -0.39 is 0 Å². The van der Waals surface area contributed by atoms with Crippen molar-refractivity contribution >= 4 is 5.91 Å². The van der Waals surface area contributed by atoms with Crippen LogP contribution in [0.15, 0.2) is 36.9 Å². The summed E-state index contributed by atoms with van der Waals surface area (Å²) in [6.45, 7) is 2.11. The Morgan fingerprint density at radius 1 is 1.30 bits per heavy atom. The number of pyridine rings is 1. The molecule has 122 valence electrons. The maximum Gasteiger partial charge on any atom is 0.236 e. The Morgan fingerprint density at radius 2 is 2.09 bits per heavy atom. The van der Waals surface area contributed by atoms with E-state index in [1.54, 1.807) is 12.5 Å². The predicted octanol–water partition coefficient (Wildman–Crippen LogP) is 1.53. The van der Waals surface area contributed by atoms with Gasteiger partial charge in [-0.1, -0.05) is 6.07 Å². The smallest absolute Gasteiger partial charge is 0.236 e. The second kappa shape index (κ2) is 6.91. The Balaban J connectivity index is 1.64. The van der Waals surface area contributed by atoms with Crippen LogP contribution in [0, 0.1) is 0 Å². The summed E-state index contributed by atoms with van der Waals surface area (Å²) < 4.78 is 1.92. The lowest BCUT2D eigenvalue weighted by Crippen LogP contribution is -2.42. The first kappa shape index (κ1) is 15.7. The highest BCUT2D eigenvalue weighted by molar-refractivity contribution is 5.78. The van der Waals surface area contributed by atoms with Gasteiger partial charge in [0.1, 0.15) is 12.1 Å². The highest BCUT2D eigenvalue weighted by atomic mass is 16.2. The lowest BCUT2D eigenvalue weighted by Gasteiger charge is -2.32.